The van der Waals surface area contributed by atoms with Gasteiger partial charge in [0.15, 0.2) is 0 Å². The highest BCUT2D eigenvalue weighted by atomic mass is 16.4. The second-order valence-corrected chi connectivity index (χ2v) is 5.52. The molecule has 128 valence electrons. The summed E-state index contributed by atoms with van der Waals surface area (Å²) >= 11 is 0. The monoisotopic (exact) mass is 338 g/mol. The van der Waals surface area contributed by atoms with Crippen molar-refractivity contribution in [2.45, 2.75) is 13.2 Å². The van der Waals surface area contributed by atoms with Crippen LogP contribution in [0.15, 0.2) is 48.7 Å². The van der Waals surface area contributed by atoms with E-state index in [0.717, 1.165) is 22.4 Å². The van der Waals surface area contributed by atoms with Gasteiger partial charge < -0.3 is 15.9 Å². The molecule has 7 nitrogen and oxygen atoms in total. The Labute approximate surface area is 144 Å². The number of aliphatic hydroxyl groups excluding tert-OH is 1. The lowest BCUT2D eigenvalue weighted by Crippen LogP contribution is -2.16. The van der Waals surface area contributed by atoms with Crippen LogP contribution in [-0.4, -0.2) is 37.5 Å². The third-order valence-electron chi connectivity index (χ3n) is 3.83. The molecule has 0 spiro atoms. The zero-order chi connectivity index (χ0) is 17.8. The normalized spacial score (nSPS) is 10.8. The van der Waals surface area contributed by atoms with Crippen LogP contribution in [0.5, 0.6) is 0 Å². The number of nitrogens with zero attached hydrogens (tertiary/aromatic N) is 3. The lowest BCUT2D eigenvalue weighted by molar-refractivity contribution is 0.0683. The van der Waals surface area contributed by atoms with E-state index in [1.165, 1.54) is 10.7 Å². The molecule has 0 fully saturated rings. The van der Waals surface area contributed by atoms with Gasteiger partial charge in [-0.3, -0.25) is 9.67 Å². The number of nitrogens with two attached hydrogens (primary N) is 1. The van der Waals surface area contributed by atoms with Gasteiger partial charge in [-0.15, -0.1) is 0 Å². The summed E-state index contributed by atoms with van der Waals surface area (Å²) < 4.78 is 1.40. The number of carboxylic acids is 1. The second-order valence-electron chi connectivity index (χ2n) is 5.52. The quantitative estimate of drug-likeness (QED) is 0.631. The highest BCUT2D eigenvalue weighted by Gasteiger charge is 2.15. The summed E-state index contributed by atoms with van der Waals surface area (Å²) in [4.78, 5) is 15.7. The number of rotatable bonds is 6. The largest absolute Gasteiger partial charge is 0.477 e. The number of pyridine rings is 1. The molecule has 0 aliphatic heterocycles. The van der Waals surface area contributed by atoms with E-state index >= 15 is 0 Å². The zero-order valence-electron chi connectivity index (χ0n) is 13.5. The molecule has 2 heterocycles. The predicted molar refractivity (Wildman–Crippen MR) is 92.8 cm³/mol. The van der Waals surface area contributed by atoms with Crippen LogP contribution < -0.4 is 5.73 Å². The van der Waals surface area contributed by atoms with Crippen molar-refractivity contribution in [1.82, 2.24) is 14.8 Å². The summed E-state index contributed by atoms with van der Waals surface area (Å²) in [5, 5.41) is 22.8. The van der Waals surface area contributed by atoms with E-state index in [1.807, 2.05) is 30.3 Å². The van der Waals surface area contributed by atoms with Crippen molar-refractivity contribution in [2.24, 2.45) is 5.73 Å². The van der Waals surface area contributed by atoms with Gasteiger partial charge >= 0.3 is 5.97 Å². The van der Waals surface area contributed by atoms with Crippen LogP contribution in [0.25, 0.3) is 22.5 Å². The smallest absolute Gasteiger partial charge is 0.354 e. The van der Waals surface area contributed by atoms with Crippen LogP contribution in [-0.2, 0) is 13.2 Å². The van der Waals surface area contributed by atoms with Crippen molar-refractivity contribution >= 4 is 5.97 Å². The Morgan fingerprint density at radius 2 is 1.84 bits per heavy atom. The first-order chi connectivity index (χ1) is 12.1. The Balaban J connectivity index is 1.98. The topological polar surface area (TPSA) is 114 Å². The Kier molecular flexibility index (Phi) is 4.87. The van der Waals surface area contributed by atoms with Crippen molar-refractivity contribution in [1.29, 1.82) is 0 Å². The maximum atomic E-state index is 11.4. The van der Waals surface area contributed by atoms with Gasteiger partial charge in [0.1, 0.15) is 5.69 Å². The Morgan fingerprint density at radius 1 is 1.08 bits per heavy atom. The average Bonchev–Trinajstić information content (AvgIpc) is 3.07. The van der Waals surface area contributed by atoms with Gasteiger partial charge in [-0.25, -0.2) is 4.79 Å². The molecule has 0 radical (unpaired) electrons. The van der Waals surface area contributed by atoms with Gasteiger partial charge in [0.05, 0.1) is 24.5 Å². The van der Waals surface area contributed by atoms with E-state index in [1.54, 1.807) is 12.3 Å². The SMILES string of the molecule is NCCn1nc(-c2ccnc(-c3ccc(CO)cc3)c2)cc1C(=O)O. The highest BCUT2D eigenvalue weighted by molar-refractivity contribution is 5.87. The first kappa shape index (κ1) is 16.8. The summed E-state index contributed by atoms with van der Waals surface area (Å²) in [6.45, 7) is 0.632. The molecule has 0 bridgehead atoms. The maximum Gasteiger partial charge on any atom is 0.354 e. The van der Waals surface area contributed by atoms with Crippen molar-refractivity contribution < 1.29 is 15.0 Å². The number of hydrogen-bond acceptors (Lipinski definition) is 5. The Morgan fingerprint density at radius 3 is 2.48 bits per heavy atom. The van der Waals surface area contributed by atoms with E-state index in [0.29, 0.717) is 18.8 Å². The fourth-order valence-electron chi connectivity index (χ4n) is 2.55. The second kappa shape index (κ2) is 7.25. The number of aromatic carboxylic acids is 1. The minimum Gasteiger partial charge on any atom is -0.477 e. The molecular formula is C18H18N4O3. The first-order valence-corrected chi connectivity index (χ1v) is 7.80. The van der Waals surface area contributed by atoms with Gasteiger partial charge in [-0.2, -0.15) is 5.10 Å². The number of aromatic nitrogens is 3. The Hall–Kier alpha value is -3.03. The number of benzene rings is 1. The predicted octanol–water partition coefficient (Wildman–Crippen LogP) is 1.76. The third kappa shape index (κ3) is 3.57. The summed E-state index contributed by atoms with van der Waals surface area (Å²) in [6.07, 6.45) is 1.66. The van der Waals surface area contributed by atoms with Gasteiger partial charge in [-0.05, 0) is 23.8 Å². The molecule has 0 aliphatic rings. The van der Waals surface area contributed by atoms with Crippen LogP contribution in [0.1, 0.15) is 16.1 Å². The summed E-state index contributed by atoms with van der Waals surface area (Å²) in [7, 11) is 0. The van der Waals surface area contributed by atoms with Crippen molar-refractivity contribution in [3.63, 3.8) is 0 Å². The summed E-state index contributed by atoms with van der Waals surface area (Å²) in [5.41, 5.74) is 9.42. The van der Waals surface area contributed by atoms with Crippen LogP contribution >= 0.6 is 0 Å². The number of carboxylic acid groups (broad SMARTS) is 1. The van der Waals surface area contributed by atoms with Crippen molar-refractivity contribution in [3.8, 4) is 22.5 Å². The minimum absolute atomic E-state index is 0.00963. The highest BCUT2D eigenvalue weighted by Crippen LogP contribution is 2.25. The van der Waals surface area contributed by atoms with E-state index in [-0.39, 0.29) is 12.3 Å². The van der Waals surface area contributed by atoms with Crippen molar-refractivity contribution in [2.75, 3.05) is 6.54 Å². The molecule has 1 aromatic carbocycles. The molecule has 2 aromatic heterocycles. The molecule has 0 saturated heterocycles. The number of aliphatic hydroxyl groups is 1. The Bertz CT molecular complexity index is 888. The van der Waals surface area contributed by atoms with E-state index in [2.05, 4.69) is 10.1 Å². The molecule has 0 aliphatic carbocycles. The van der Waals surface area contributed by atoms with Crippen molar-refractivity contribution in [3.05, 3.63) is 59.9 Å². The lowest BCUT2D eigenvalue weighted by atomic mass is 10.1. The van der Waals surface area contributed by atoms with Gasteiger partial charge in [0.25, 0.3) is 0 Å². The third-order valence-corrected chi connectivity index (χ3v) is 3.83. The van der Waals surface area contributed by atoms with E-state index in [9.17, 15) is 9.90 Å². The molecule has 4 N–H and O–H groups in total. The van der Waals surface area contributed by atoms with Gasteiger partial charge in [0, 0.05) is 23.9 Å². The zero-order valence-corrected chi connectivity index (χ0v) is 13.5. The summed E-state index contributed by atoms with van der Waals surface area (Å²) in [6, 6.07) is 12.6. The molecule has 0 saturated carbocycles. The fraction of sp³-hybridized carbons (Fsp3) is 0.167. The average molecular weight is 338 g/mol. The molecule has 7 heteroatoms. The fourth-order valence-corrected chi connectivity index (χ4v) is 2.55. The molecule has 0 amide bonds. The lowest BCUT2D eigenvalue weighted by Gasteiger charge is -2.04. The molecule has 0 atom stereocenters. The van der Waals surface area contributed by atoms with Crippen LogP contribution in [0.4, 0.5) is 0 Å². The molecule has 3 rings (SSSR count). The number of carbonyl (C=O) groups is 1. The standard InChI is InChI=1S/C18H18N4O3/c19-6-8-22-17(18(24)25)10-16(21-22)14-5-7-20-15(9-14)13-3-1-12(11-23)2-4-13/h1-5,7,9-10,23H,6,8,11,19H2,(H,24,25). The number of hydrogen-bond donors (Lipinski definition) is 3. The first-order valence-electron chi connectivity index (χ1n) is 7.80. The van der Waals surface area contributed by atoms with Crippen LogP contribution in [0.2, 0.25) is 0 Å². The molecular weight excluding hydrogens is 320 g/mol. The van der Waals surface area contributed by atoms with Crippen LogP contribution in [0.3, 0.4) is 0 Å². The van der Waals surface area contributed by atoms with Gasteiger partial charge in [-0.1, -0.05) is 24.3 Å². The molecule has 25 heavy (non-hydrogen) atoms. The minimum atomic E-state index is -1.04. The van der Waals surface area contributed by atoms with Crippen LogP contribution in [0, 0.1) is 0 Å². The summed E-state index contributed by atoms with van der Waals surface area (Å²) in [5.74, 6) is -1.04. The maximum absolute atomic E-state index is 11.4. The molecule has 3 aromatic rings. The van der Waals surface area contributed by atoms with Gasteiger partial charge in [0.2, 0.25) is 0 Å². The molecule has 0 unspecified atom stereocenters. The van der Waals surface area contributed by atoms with E-state index < -0.39 is 5.97 Å². The van der Waals surface area contributed by atoms with E-state index in [4.69, 9.17) is 10.8 Å².